The largest absolute Gasteiger partial charge is 0.381 e. The summed E-state index contributed by atoms with van der Waals surface area (Å²) in [5.41, 5.74) is -0.159. The molecular formula is C28H31F2N3O4S. The first-order valence-electron chi connectivity index (χ1n) is 12.8. The highest BCUT2D eigenvalue weighted by atomic mass is 32.2. The summed E-state index contributed by atoms with van der Waals surface area (Å²) in [5, 5.41) is 3.45. The third-order valence-corrected chi connectivity index (χ3v) is 10.2. The summed E-state index contributed by atoms with van der Waals surface area (Å²) in [6.07, 6.45) is 2.93. The minimum Gasteiger partial charge on any atom is -0.381 e. The molecule has 0 aliphatic carbocycles. The summed E-state index contributed by atoms with van der Waals surface area (Å²) in [6.45, 7) is 3.67. The number of aryl methyl sites for hydroxylation is 1. The second-order valence-corrected chi connectivity index (χ2v) is 12.3. The normalized spacial score (nSPS) is 23.3. The zero-order valence-electron chi connectivity index (χ0n) is 21.4. The van der Waals surface area contributed by atoms with Crippen LogP contribution in [0.1, 0.15) is 65.0 Å². The van der Waals surface area contributed by atoms with E-state index in [1.165, 1.54) is 15.2 Å². The minimum atomic E-state index is -3.82. The van der Waals surface area contributed by atoms with Gasteiger partial charge < -0.3 is 4.74 Å². The second kappa shape index (κ2) is 10.3. The van der Waals surface area contributed by atoms with E-state index in [-0.39, 0.29) is 49.8 Å². The molecule has 3 aromatic rings. The first-order chi connectivity index (χ1) is 18.1. The monoisotopic (exact) mass is 543 g/mol. The molecule has 0 amide bonds. The fraction of sp³-hybridized carbons (Fsp3) is 0.429. The predicted octanol–water partition coefficient (Wildman–Crippen LogP) is 4.91. The number of halogens is 2. The van der Waals surface area contributed by atoms with Crippen LogP contribution in [0.4, 0.5) is 8.78 Å². The summed E-state index contributed by atoms with van der Waals surface area (Å²) in [4.78, 5) is 13.6. The van der Waals surface area contributed by atoms with Crippen molar-refractivity contribution in [3.05, 3.63) is 88.7 Å². The Bertz CT molecular complexity index is 1440. The average molecular weight is 544 g/mol. The van der Waals surface area contributed by atoms with Gasteiger partial charge in [0, 0.05) is 43.1 Å². The molecule has 0 N–H and O–H groups in total. The molecule has 202 valence electrons. The van der Waals surface area contributed by atoms with Gasteiger partial charge in [-0.05, 0) is 63.3 Å². The molecule has 2 atom stereocenters. The van der Waals surface area contributed by atoms with Crippen molar-refractivity contribution in [2.24, 2.45) is 0 Å². The maximum atomic E-state index is 15.8. The van der Waals surface area contributed by atoms with Crippen molar-refractivity contribution in [3.8, 4) is 0 Å². The standard InChI is InChI=1S/C28H31F2N3O4S/c1-19-10-13-32(31-19)27(34)28(11-14-37-15-12-28)23-17-24(29)22(16-25(23)30)18-33-20(2)8-9-26(38(33,35)36)21-6-4-3-5-7-21/h3-7,10,13,16-17,20,26H,8-9,11-12,14-15,18H2,1-2H3/t20-,26+/m0/s1. The van der Waals surface area contributed by atoms with Crippen molar-refractivity contribution < 1.29 is 26.7 Å². The van der Waals surface area contributed by atoms with Gasteiger partial charge in [-0.2, -0.15) is 9.40 Å². The smallest absolute Gasteiger partial charge is 0.257 e. The van der Waals surface area contributed by atoms with E-state index in [1.54, 1.807) is 44.2 Å². The second-order valence-electron chi connectivity index (χ2n) is 10.2. The van der Waals surface area contributed by atoms with Crippen LogP contribution in [-0.4, -0.2) is 47.7 Å². The lowest BCUT2D eigenvalue weighted by Gasteiger charge is -2.38. The van der Waals surface area contributed by atoms with Crippen LogP contribution >= 0.6 is 0 Å². The molecule has 3 heterocycles. The van der Waals surface area contributed by atoms with Crippen LogP contribution < -0.4 is 0 Å². The van der Waals surface area contributed by atoms with Crippen molar-refractivity contribution >= 4 is 15.9 Å². The Labute approximate surface area is 221 Å². The molecule has 0 spiro atoms. The highest BCUT2D eigenvalue weighted by molar-refractivity contribution is 7.89. The summed E-state index contributed by atoms with van der Waals surface area (Å²) in [5.74, 6) is -1.94. The molecule has 1 aromatic heterocycles. The molecule has 2 aliphatic heterocycles. The molecular weight excluding hydrogens is 512 g/mol. The molecule has 5 rings (SSSR count). The molecule has 0 saturated carbocycles. The Kier molecular flexibility index (Phi) is 7.23. The van der Waals surface area contributed by atoms with Crippen LogP contribution in [0.2, 0.25) is 0 Å². The number of hydrogen-bond acceptors (Lipinski definition) is 5. The zero-order valence-corrected chi connectivity index (χ0v) is 22.3. The summed E-state index contributed by atoms with van der Waals surface area (Å²) < 4.78 is 66.4. The first kappa shape index (κ1) is 26.6. The van der Waals surface area contributed by atoms with Gasteiger partial charge in [-0.25, -0.2) is 21.9 Å². The van der Waals surface area contributed by atoms with Crippen LogP contribution in [0.25, 0.3) is 0 Å². The van der Waals surface area contributed by atoms with Crippen LogP contribution in [-0.2, 0) is 26.7 Å². The third kappa shape index (κ3) is 4.69. The van der Waals surface area contributed by atoms with E-state index in [0.29, 0.717) is 24.1 Å². The van der Waals surface area contributed by atoms with Crippen LogP contribution in [0.5, 0.6) is 0 Å². The first-order valence-corrected chi connectivity index (χ1v) is 14.3. The van der Waals surface area contributed by atoms with Crippen molar-refractivity contribution in [1.82, 2.24) is 14.1 Å². The third-order valence-electron chi connectivity index (χ3n) is 7.86. The van der Waals surface area contributed by atoms with Gasteiger partial charge in [0.2, 0.25) is 10.0 Å². The molecule has 0 unspecified atom stereocenters. The number of carbonyl (C=O) groups excluding carboxylic acids is 1. The van der Waals surface area contributed by atoms with E-state index in [2.05, 4.69) is 5.10 Å². The molecule has 2 fully saturated rings. The fourth-order valence-electron chi connectivity index (χ4n) is 5.66. The molecule has 7 nitrogen and oxygen atoms in total. The number of benzene rings is 2. The van der Waals surface area contributed by atoms with Gasteiger partial charge in [-0.3, -0.25) is 4.79 Å². The van der Waals surface area contributed by atoms with Crippen LogP contribution in [0, 0.1) is 18.6 Å². The van der Waals surface area contributed by atoms with Gasteiger partial charge in [0.05, 0.1) is 11.1 Å². The molecule has 10 heteroatoms. The average Bonchev–Trinajstić information content (AvgIpc) is 3.34. The number of hydrogen-bond donors (Lipinski definition) is 0. The Morgan fingerprint density at radius 3 is 2.45 bits per heavy atom. The van der Waals surface area contributed by atoms with Gasteiger partial charge in [-0.15, -0.1) is 0 Å². The molecule has 2 aliphatic rings. The van der Waals surface area contributed by atoms with Crippen LogP contribution in [0.15, 0.2) is 54.7 Å². The highest BCUT2D eigenvalue weighted by Gasteiger charge is 2.46. The number of aromatic nitrogens is 2. The molecule has 38 heavy (non-hydrogen) atoms. The van der Waals surface area contributed by atoms with Crippen molar-refractivity contribution in [2.45, 2.75) is 62.8 Å². The lowest BCUT2D eigenvalue weighted by atomic mass is 9.72. The SMILES string of the molecule is Cc1ccn(C(=O)C2(c3cc(F)c(CN4[C@@H](C)CC[C@H](c5ccccc5)S4(=O)=O)cc3F)CCOCC2)n1. The number of nitrogens with zero attached hydrogens (tertiary/aromatic N) is 3. The van der Waals surface area contributed by atoms with Crippen molar-refractivity contribution in [2.75, 3.05) is 13.2 Å². The fourth-order valence-corrected chi connectivity index (χ4v) is 7.85. The number of ether oxygens (including phenoxy) is 1. The zero-order chi connectivity index (χ0) is 27.1. The van der Waals surface area contributed by atoms with E-state index in [4.69, 9.17) is 4.74 Å². The van der Waals surface area contributed by atoms with Crippen LogP contribution in [0.3, 0.4) is 0 Å². The molecule has 0 radical (unpaired) electrons. The van der Waals surface area contributed by atoms with E-state index in [0.717, 1.165) is 12.1 Å². The van der Waals surface area contributed by atoms with Gasteiger partial charge >= 0.3 is 0 Å². The van der Waals surface area contributed by atoms with E-state index in [1.807, 2.05) is 6.07 Å². The predicted molar refractivity (Wildman–Crippen MR) is 138 cm³/mol. The number of rotatable bonds is 5. The Balaban J connectivity index is 1.49. The molecule has 2 saturated heterocycles. The maximum absolute atomic E-state index is 15.8. The van der Waals surface area contributed by atoms with Crippen molar-refractivity contribution in [1.29, 1.82) is 0 Å². The Hall–Kier alpha value is -2.95. The Morgan fingerprint density at radius 1 is 1.08 bits per heavy atom. The summed E-state index contributed by atoms with van der Waals surface area (Å²) >= 11 is 0. The minimum absolute atomic E-state index is 0.0584. The van der Waals surface area contributed by atoms with Gasteiger partial charge in [0.1, 0.15) is 16.9 Å². The van der Waals surface area contributed by atoms with Gasteiger partial charge in [0.25, 0.3) is 5.91 Å². The number of carbonyl (C=O) groups is 1. The van der Waals surface area contributed by atoms with E-state index < -0.39 is 38.2 Å². The van der Waals surface area contributed by atoms with E-state index >= 15 is 8.78 Å². The quantitative estimate of drug-likeness (QED) is 0.457. The summed E-state index contributed by atoms with van der Waals surface area (Å²) in [6, 6.07) is 12.4. The highest BCUT2D eigenvalue weighted by Crippen LogP contribution is 2.41. The van der Waals surface area contributed by atoms with Crippen molar-refractivity contribution in [3.63, 3.8) is 0 Å². The maximum Gasteiger partial charge on any atom is 0.257 e. The molecule has 2 aromatic carbocycles. The Morgan fingerprint density at radius 2 is 1.79 bits per heavy atom. The lowest BCUT2D eigenvalue weighted by Crippen LogP contribution is -2.46. The summed E-state index contributed by atoms with van der Waals surface area (Å²) in [7, 11) is -3.82. The lowest BCUT2D eigenvalue weighted by molar-refractivity contribution is 0.0345. The van der Waals surface area contributed by atoms with E-state index in [9.17, 15) is 13.2 Å². The van der Waals surface area contributed by atoms with Gasteiger partial charge in [-0.1, -0.05) is 30.3 Å². The van der Waals surface area contributed by atoms with Gasteiger partial charge in [0.15, 0.2) is 0 Å². The molecule has 0 bridgehead atoms. The number of sulfonamides is 1. The topological polar surface area (TPSA) is 81.5 Å².